The first-order chi connectivity index (χ1) is 12.3. The quantitative estimate of drug-likeness (QED) is 0.661. The number of hydrogen-bond donors (Lipinski definition) is 3. The van der Waals surface area contributed by atoms with Crippen LogP contribution in [0.4, 0.5) is 18.9 Å². The van der Waals surface area contributed by atoms with E-state index in [1.165, 1.54) is 23.4 Å². The number of anilines is 1. The standard InChI is InChI=1S/C15H15F3N6O2/c16-15(17,18)10-1-2-12(24-9-19-8-21-24)11(5-10)22-14(26)7-23-4-3-20-13(25)6-23/h1-2,5,8-9H,3-4,6-7H2,(H,20,25)(H,22,26)/p+1. The predicted octanol–water partition coefficient (Wildman–Crippen LogP) is -0.761. The summed E-state index contributed by atoms with van der Waals surface area (Å²) >= 11 is 0. The summed E-state index contributed by atoms with van der Waals surface area (Å²) in [6.45, 7) is 1.14. The lowest BCUT2D eigenvalue weighted by molar-refractivity contribution is -0.885. The van der Waals surface area contributed by atoms with E-state index in [1.807, 2.05) is 0 Å². The average molecular weight is 369 g/mol. The van der Waals surface area contributed by atoms with Crippen molar-refractivity contribution in [3.63, 3.8) is 0 Å². The van der Waals surface area contributed by atoms with Crippen LogP contribution < -0.4 is 15.5 Å². The Balaban J connectivity index is 1.82. The molecule has 8 nitrogen and oxygen atoms in total. The largest absolute Gasteiger partial charge is 0.416 e. The molecule has 26 heavy (non-hydrogen) atoms. The molecule has 0 bridgehead atoms. The summed E-state index contributed by atoms with van der Waals surface area (Å²) in [5.74, 6) is -0.656. The normalized spacial score (nSPS) is 17.7. The molecule has 1 aliphatic rings. The van der Waals surface area contributed by atoms with Gasteiger partial charge < -0.3 is 15.5 Å². The Kier molecular flexibility index (Phi) is 4.89. The number of halogens is 3. The second-order valence-corrected chi connectivity index (χ2v) is 5.82. The van der Waals surface area contributed by atoms with Gasteiger partial charge in [-0.2, -0.15) is 18.3 Å². The predicted molar refractivity (Wildman–Crippen MR) is 83.6 cm³/mol. The SMILES string of the molecule is O=C1C[NH+](CC(=O)Nc2cc(C(F)(F)F)ccc2-n2cncn2)CCN1. The zero-order chi connectivity index (χ0) is 18.7. The van der Waals surface area contributed by atoms with Gasteiger partial charge in [-0.05, 0) is 18.2 Å². The summed E-state index contributed by atoms with van der Waals surface area (Å²) in [7, 11) is 0. The maximum atomic E-state index is 13.0. The summed E-state index contributed by atoms with van der Waals surface area (Å²) in [4.78, 5) is 28.1. The second-order valence-electron chi connectivity index (χ2n) is 5.82. The Morgan fingerprint density at radius 2 is 2.19 bits per heavy atom. The van der Waals surface area contributed by atoms with E-state index in [2.05, 4.69) is 20.7 Å². The first-order valence-corrected chi connectivity index (χ1v) is 7.79. The van der Waals surface area contributed by atoms with Gasteiger partial charge in [0.2, 0.25) is 0 Å². The summed E-state index contributed by atoms with van der Waals surface area (Å²) in [5, 5.41) is 9.03. The van der Waals surface area contributed by atoms with Crippen LogP contribution in [0.2, 0.25) is 0 Å². The number of hydrogen-bond acceptors (Lipinski definition) is 4. The number of nitrogens with zero attached hydrogens (tertiary/aromatic N) is 3. The number of carbonyl (C=O) groups excluding carboxylic acids is 2. The van der Waals surface area contributed by atoms with Gasteiger partial charge in [0.25, 0.3) is 11.8 Å². The molecule has 0 saturated carbocycles. The third-order valence-electron chi connectivity index (χ3n) is 3.89. The Labute approximate surface area is 146 Å². The van der Waals surface area contributed by atoms with Crippen LogP contribution in [-0.2, 0) is 15.8 Å². The van der Waals surface area contributed by atoms with Crippen LogP contribution in [0.15, 0.2) is 30.9 Å². The van der Waals surface area contributed by atoms with Crippen molar-refractivity contribution in [2.75, 3.05) is 31.5 Å². The Morgan fingerprint density at radius 3 is 2.85 bits per heavy atom. The topological polar surface area (TPSA) is 93.4 Å². The highest BCUT2D eigenvalue weighted by atomic mass is 19.4. The summed E-state index contributed by atoms with van der Waals surface area (Å²) in [6, 6.07) is 2.98. The van der Waals surface area contributed by atoms with Gasteiger partial charge in [0.15, 0.2) is 13.1 Å². The van der Waals surface area contributed by atoms with Gasteiger partial charge in [0.1, 0.15) is 12.7 Å². The molecule has 1 aromatic heterocycles. The van der Waals surface area contributed by atoms with Crippen LogP contribution in [0.5, 0.6) is 0 Å². The van der Waals surface area contributed by atoms with Crippen molar-refractivity contribution in [3.05, 3.63) is 36.4 Å². The van der Waals surface area contributed by atoms with Gasteiger partial charge >= 0.3 is 6.18 Å². The molecule has 11 heteroatoms. The fourth-order valence-corrected chi connectivity index (χ4v) is 2.67. The zero-order valence-corrected chi connectivity index (χ0v) is 13.5. The lowest BCUT2D eigenvalue weighted by atomic mass is 10.1. The van der Waals surface area contributed by atoms with Gasteiger partial charge in [-0.25, -0.2) is 9.67 Å². The highest BCUT2D eigenvalue weighted by molar-refractivity contribution is 5.93. The lowest BCUT2D eigenvalue weighted by Crippen LogP contribution is -3.16. The molecule has 2 aromatic rings. The minimum absolute atomic E-state index is 0.0273. The van der Waals surface area contributed by atoms with Crippen LogP contribution >= 0.6 is 0 Å². The second kappa shape index (κ2) is 7.12. The van der Waals surface area contributed by atoms with E-state index in [9.17, 15) is 22.8 Å². The third kappa shape index (κ3) is 4.17. The highest BCUT2D eigenvalue weighted by Gasteiger charge is 2.31. The maximum absolute atomic E-state index is 13.0. The number of benzene rings is 1. The van der Waals surface area contributed by atoms with Crippen molar-refractivity contribution in [1.82, 2.24) is 20.1 Å². The first kappa shape index (κ1) is 17.9. The number of quaternary nitrogens is 1. The van der Waals surface area contributed by atoms with Crippen molar-refractivity contribution >= 4 is 17.5 Å². The Morgan fingerprint density at radius 1 is 1.38 bits per heavy atom. The number of aromatic nitrogens is 3. The lowest BCUT2D eigenvalue weighted by Gasteiger charge is -2.23. The van der Waals surface area contributed by atoms with Gasteiger partial charge in [-0.1, -0.05) is 0 Å². The van der Waals surface area contributed by atoms with E-state index < -0.39 is 17.6 Å². The fourth-order valence-electron chi connectivity index (χ4n) is 2.67. The Bertz CT molecular complexity index is 806. The maximum Gasteiger partial charge on any atom is 0.416 e. The molecule has 1 aromatic carbocycles. The van der Waals surface area contributed by atoms with Gasteiger partial charge in [-0.15, -0.1) is 0 Å². The van der Waals surface area contributed by atoms with Crippen molar-refractivity contribution in [1.29, 1.82) is 0 Å². The van der Waals surface area contributed by atoms with E-state index in [4.69, 9.17) is 0 Å². The van der Waals surface area contributed by atoms with Gasteiger partial charge in [0, 0.05) is 0 Å². The third-order valence-corrected chi connectivity index (χ3v) is 3.89. The monoisotopic (exact) mass is 369 g/mol. The molecule has 0 spiro atoms. The van der Waals surface area contributed by atoms with Crippen molar-refractivity contribution in [3.8, 4) is 5.69 Å². The summed E-state index contributed by atoms with van der Waals surface area (Å²) in [5.41, 5.74) is -0.659. The smallest absolute Gasteiger partial charge is 0.346 e. The molecule has 1 saturated heterocycles. The molecule has 1 fully saturated rings. The van der Waals surface area contributed by atoms with E-state index in [0.29, 0.717) is 13.1 Å². The van der Waals surface area contributed by atoms with Crippen LogP contribution in [-0.4, -0.2) is 52.8 Å². The fraction of sp³-hybridized carbons (Fsp3) is 0.333. The van der Waals surface area contributed by atoms with E-state index in [0.717, 1.165) is 17.0 Å². The molecule has 2 amide bonds. The average Bonchev–Trinajstić information content (AvgIpc) is 3.08. The van der Waals surface area contributed by atoms with Crippen molar-refractivity contribution in [2.24, 2.45) is 0 Å². The number of rotatable bonds is 4. The molecule has 1 unspecified atom stereocenters. The molecular formula is C15H16F3N6O2+. The minimum atomic E-state index is -4.55. The molecule has 3 rings (SSSR count). The Hall–Kier alpha value is -2.95. The van der Waals surface area contributed by atoms with Crippen molar-refractivity contribution in [2.45, 2.75) is 6.18 Å². The molecule has 1 aliphatic heterocycles. The van der Waals surface area contributed by atoms with E-state index in [-0.39, 0.29) is 30.4 Å². The van der Waals surface area contributed by atoms with Crippen LogP contribution in [0.1, 0.15) is 5.56 Å². The number of amides is 2. The highest BCUT2D eigenvalue weighted by Crippen LogP contribution is 2.33. The van der Waals surface area contributed by atoms with E-state index in [1.54, 1.807) is 0 Å². The van der Waals surface area contributed by atoms with Gasteiger partial charge in [0.05, 0.1) is 30.0 Å². The number of nitrogens with one attached hydrogen (secondary N) is 3. The minimum Gasteiger partial charge on any atom is -0.346 e. The van der Waals surface area contributed by atoms with Crippen LogP contribution in [0.25, 0.3) is 5.69 Å². The summed E-state index contributed by atoms with van der Waals surface area (Å²) in [6.07, 6.45) is -1.99. The number of piperazine rings is 1. The van der Waals surface area contributed by atoms with Crippen LogP contribution in [0, 0.1) is 0 Å². The molecule has 1 atom stereocenters. The summed E-state index contributed by atoms with van der Waals surface area (Å²) < 4.78 is 40.3. The number of carbonyl (C=O) groups is 2. The van der Waals surface area contributed by atoms with E-state index >= 15 is 0 Å². The van der Waals surface area contributed by atoms with Crippen molar-refractivity contribution < 1.29 is 27.7 Å². The molecule has 138 valence electrons. The molecule has 3 N–H and O–H groups in total. The molecule has 0 aliphatic carbocycles. The molecule has 0 radical (unpaired) electrons. The number of alkyl halides is 3. The van der Waals surface area contributed by atoms with Crippen LogP contribution in [0.3, 0.4) is 0 Å². The first-order valence-electron chi connectivity index (χ1n) is 7.79. The zero-order valence-electron chi connectivity index (χ0n) is 13.5. The molecule has 2 heterocycles. The van der Waals surface area contributed by atoms with Gasteiger partial charge in [-0.3, -0.25) is 9.59 Å². The molecular weight excluding hydrogens is 353 g/mol.